The van der Waals surface area contributed by atoms with Gasteiger partial charge in [-0.05, 0) is 51.8 Å². The van der Waals surface area contributed by atoms with Gasteiger partial charge in [0, 0.05) is 12.1 Å². The van der Waals surface area contributed by atoms with Crippen LogP contribution < -0.4 is 5.73 Å². The standard InChI is InChI=1S/C16H26N2/c1-14-5-7-15(8-6-14)9-11-16(13-17)10-3-4-12-18(16)2/h5-8H,3-4,9-13,17H2,1-2H3. The minimum absolute atomic E-state index is 0.239. The zero-order valence-corrected chi connectivity index (χ0v) is 11.8. The number of hydrogen-bond donors (Lipinski definition) is 1. The Hall–Kier alpha value is -0.860. The van der Waals surface area contributed by atoms with E-state index in [4.69, 9.17) is 5.73 Å². The van der Waals surface area contributed by atoms with Crippen molar-refractivity contribution in [3.8, 4) is 0 Å². The summed E-state index contributed by atoms with van der Waals surface area (Å²) in [7, 11) is 2.24. The second-order valence-electron chi connectivity index (χ2n) is 5.79. The van der Waals surface area contributed by atoms with Gasteiger partial charge in [0.25, 0.3) is 0 Å². The monoisotopic (exact) mass is 246 g/mol. The lowest BCUT2D eigenvalue weighted by atomic mass is 9.82. The van der Waals surface area contributed by atoms with Crippen molar-refractivity contribution < 1.29 is 0 Å². The summed E-state index contributed by atoms with van der Waals surface area (Å²) < 4.78 is 0. The first-order valence-electron chi connectivity index (χ1n) is 7.13. The number of piperidine rings is 1. The molecule has 1 fully saturated rings. The van der Waals surface area contributed by atoms with Crippen LogP contribution in [0.2, 0.25) is 0 Å². The number of rotatable bonds is 4. The van der Waals surface area contributed by atoms with Crippen molar-refractivity contribution in [1.29, 1.82) is 0 Å². The Morgan fingerprint density at radius 1 is 1.22 bits per heavy atom. The first-order chi connectivity index (χ1) is 8.66. The van der Waals surface area contributed by atoms with Gasteiger partial charge < -0.3 is 5.73 Å². The van der Waals surface area contributed by atoms with E-state index in [2.05, 4.69) is 43.1 Å². The number of likely N-dealkylation sites (N-methyl/N-ethyl adjacent to an activating group) is 1. The summed E-state index contributed by atoms with van der Waals surface area (Å²) in [6.45, 7) is 4.13. The first kappa shape index (κ1) is 13.6. The number of benzene rings is 1. The number of nitrogens with two attached hydrogens (primary N) is 1. The van der Waals surface area contributed by atoms with E-state index in [1.807, 2.05) is 0 Å². The third-order valence-electron chi connectivity index (χ3n) is 4.58. The Balaban J connectivity index is 2.00. The molecule has 0 amide bonds. The maximum atomic E-state index is 6.08. The van der Waals surface area contributed by atoms with E-state index in [0.29, 0.717) is 0 Å². The topological polar surface area (TPSA) is 29.3 Å². The van der Waals surface area contributed by atoms with Crippen molar-refractivity contribution in [3.63, 3.8) is 0 Å². The van der Waals surface area contributed by atoms with Crippen LogP contribution in [-0.2, 0) is 6.42 Å². The Labute approximate surface area is 111 Å². The highest BCUT2D eigenvalue weighted by atomic mass is 15.2. The van der Waals surface area contributed by atoms with Gasteiger partial charge >= 0.3 is 0 Å². The molecule has 0 bridgehead atoms. The van der Waals surface area contributed by atoms with Gasteiger partial charge in [-0.15, -0.1) is 0 Å². The van der Waals surface area contributed by atoms with Crippen LogP contribution in [0.25, 0.3) is 0 Å². The molecule has 1 heterocycles. The van der Waals surface area contributed by atoms with E-state index in [9.17, 15) is 0 Å². The van der Waals surface area contributed by atoms with Crippen molar-refractivity contribution in [3.05, 3.63) is 35.4 Å². The molecule has 2 heteroatoms. The summed E-state index contributed by atoms with van der Waals surface area (Å²) in [5, 5.41) is 0. The van der Waals surface area contributed by atoms with Crippen molar-refractivity contribution >= 4 is 0 Å². The van der Waals surface area contributed by atoms with E-state index in [1.54, 1.807) is 0 Å². The van der Waals surface area contributed by atoms with Gasteiger partial charge in [0.2, 0.25) is 0 Å². The van der Waals surface area contributed by atoms with Gasteiger partial charge in [-0.1, -0.05) is 36.2 Å². The molecule has 1 aliphatic rings. The lowest BCUT2D eigenvalue weighted by Gasteiger charge is -2.45. The zero-order valence-electron chi connectivity index (χ0n) is 11.8. The number of aryl methyl sites for hydroxylation is 2. The molecule has 0 aliphatic carbocycles. The molecule has 2 rings (SSSR count). The molecule has 1 aromatic rings. The maximum absolute atomic E-state index is 6.08. The van der Waals surface area contributed by atoms with Gasteiger partial charge in [-0.25, -0.2) is 0 Å². The zero-order chi connectivity index (χ0) is 13.0. The molecule has 1 saturated heterocycles. The van der Waals surface area contributed by atoms with Gasteiger partial charge in [0.15, 0.2) is 0 Å². The third kappa shape index (κ3) is 2.93. The number of nitrogens with zero attached hydrogens (tertiary/aromatic N) is 1. The lowest BCUT2D eigenvalue weighted by molar-refractivity contribution is 0.0722. The highest BCUT2D eigenvalue weighted by molar-refractivity contribution is 5.21. The van der Waals surface area contributed by atoms with E-state index >= 15 is 0 Å². The lowest BCUT2D eigenvalue weighted by Crippen LogP contribution is -2.54. The molecular weight excluding hydrogens is 220 g/mol. The van der Waals surface area contributed by atoms with Gasteiger partial charge in [0.05, 0.1) is 0 Å². The minimum atomic E-state index is 0.239. The second-order valence-corrected chi connectivity index (χ2v) is 5.79. The van der Waals surface area contributed by atoms with Crippen LogP contribution in [0.5, 0.6) is 0 Å². The minimum Gasteiger partial charge on any atom is -0.329 e. The molecular formula is C16H26N2. The van der Waals surface area contributed by atoms with Gasteiger partial charge in [-0.3, -0.25) is 4.90 Å². The van der Waals surface area contributed by atoms with Crippen LogP contribution in [0, 0.1) is 6.92 Å². The molecule has 2 nitrogen and oxygen atoms in total. The molecule has 0 radical (unpaired) electrons. The van der Waals surface area contributed by atoms with Crippen LogP contribution in [0.15, 0.2) is 24.3 Å². The normalized spacial score (nSPS) is 25.3. The summed E-state index contributed by atoms with van der Waals surface area (Å²) in [5.74, 6) is 0. The molecule has 1 atom stereocenters. The first-order valence-corrected chi connectivity index (χ1v) is 7.13. The summed E-state index contributed by atoms with van der Waals surface area (Å²) in [6, 6.07) is 8.91. The Morgan fingerprint density at radius 2 is 1.94 bits per heavy atom. The average Bonchev–Trinajstić information content (AvgIpc) is 2.40. The smallest absolute Gasteiger partial charge is 0.0331 e. The quantitative estimate of drug-likeness (QED) is 0.885. The average molecular weight is 246 g/mol. The predicted octanol–water partition coefficient (Wildman–Crippen LogP) is 2.74. The van der Waals surface area contributed by atoms with Crippen LogP contribution in [0.3, 0.4) is 0 Å². The molecule has 2 N–H and O–H groups in total. The summed E-state index contributed by atoms with van der Waals surface area (Å²) in [5.41, 5.74) is 9.09. The largest absolute Gasteiger partial charge is 0.329 e. The van der Waals surface area contributed by atoms with E-state index in [0.717, 1.165) is 13.0 Å². The fourth-order valence-corrected chi connectivity index (χ4v) is 3.04. The Bertz CT molecular complexity index is 371. The predicted molar refractivity (Wildman–Crippen MR) is 77.8 cm³/mol. The molecule has 1 aliphatic heterocycles. The van der Waals surface area contributed by atoms with Crippen LogP contribution in [0.1, 0.15) is 36.8 Å². The maximum Gasteiger partial charge on any atom is 0.0331 e. The van der Waals surface area contributed by atoms with Crippen molar-refractivity contribution in [1.82, 2.24) is 4.90 Å². The third-order valence-corrected chi connectivity index (χ3v) is 4.58. The van der Waals surface area contributed by atoms with Gasteiger partial charge in [-0.2, -0.15) is 0 Å². The number of hydrogen-bond acceptors (Lipinski definition) is 2. The fraction of sp³-hybridized carbons (Fsp3) is 0.625. The van der Waals surface area contributed by atoms with Crippen LogP contribution in [0.4, 0.5) is 0 Å². The van der Waals surface area contributed by atoms with Crippen molar-refractivity contribution in [2.45, 2.75) is 44.6 Å². The molecule has 18 heavy (non-hydrogen) atoms. The molecule has 0 aromatic heterocycles. The molecule has 0 spiro atoms. The van der Waals surface area contributed by atoms with Crippen LogP contribution >= 0.6 is 0 Å². The van der Waals surface area contributed by atoms with Crippen molar-refractivity contribution in [2.24, 2.45) is 5.73 Å². The van der Waals surface area contributed by atoms with Crippen molar-refractivity contribution in [2.75, 3.05) is 20.1 Å². The molecule has 1 unspecified atom stereocenters. The second kappa shape index (κ2) is 5.85. The highest BCUT2D eigenvalue weighted by Crippen LogP contribution is 2.30. The highest BCUT2D eigenvalue weighted by Gasteiger charge is 2.34. The summed E-state index contributed by atoms with van der Waals surface area (Å²) in [6.07, 6.45) is 6.23. The summed E-state index contributed by atoms with van der Waals surface area (Å²) >= 11 is 0. The molecule has 0 saturated carbocycles. The van der Waals surface area contributed by atoms with E-state index < -0.39 is 0 Å². The van der Waals surface area contributed by atoms with Crippen LogP contribution in [-0.4, -0.2) is 30.6 Å². The van der Waals surface area contributed by atoms with Gasteiger partial charge in [0.1, 0.15) is 0 Å². The van der Waals surface area contributed by atoms with E-state index in [1.165, 1.54) is 43.4 Å². The SMILES string of the molecule is Cc1ccc(CCC2(CN)CCCCN2C)cc1. The Kier molecular flexibility index (Phi) is 4.41. The van der Waals surface area contributed by atoms with E-state index in [-0.39, 0.29) is 5.54 Å². The number of likely N-dealkylation sites (tertiary alicyclic amines) is 1. The summed E-state index contributed by atoms with van der Waals surface area (Å²) in [4.78, 5) is 2.49. The molecule has 1 aromatic carbocycles. The fourth-order valence-electron chi connectivity index (χ4n) is 3.04. The Morgan fingerprint density at radius 3 is 2.56 bits per heavy atom. The molecule has 100 valence electrons.